The van der Waals surface area contributed by atoms with Gasteiger partial charge in [-0.3, -0.25) is 0 Å². The third-order valence-corrected chi connectivity index (χ3v) is 3.74. The maximum absolute atomic E-state index is 10.2. The summed E-state index contributed by atoms with van der Waals surface area (Å²) in [5.41, 5.74) is 0.102. The standard InChI is InChI=1S/C12H20N2O/c1-12(5-3-2-4-6-12)10(15)9-11-13-7-8-14-11/h7-8,10,15H,2-6,9H2,1H3,(H,13,14). The highest BCUT2D eigenvalue weighted by Gasteiger charge is 2.34. The van der Waals surface area contributed by atoms with E-state index in [9.17, 15) is 5.11 Å². The number of nitrogens with one attached hydrogen (secondary N) is 1. The van der Waals surface area contributed by atoms with Gasteiger partial charge in [0.05, 0.1) is 6.10 Å². The molecule has 2 rings (SSSR count). The Morgan fingerprint density at radius 1 is 1.47 bits per heavy atom. The number of imidazole rings is 1. The third kappa shape index (κ3) is 2.40. The van der Waals surface area contributed by atoms with Gasteiger partial charge in [0.2, 0.25) is 0 Å². The van der Waals surface area contributed by atoms with E-state index in [2.05, 4.69) is 16.9 Å². The Labute approximate surface area is 90.9 Å². The van der Waals surface area contributed by atoms with E-state index in [1.54, 1.807) is 6.20 Å². The molecule has 1 atom stereocenters. The fourth-order valence-electron chi connectivity index (χ4n) is 2.53. The minimum Gasteiger partial charge on any atom is -0.392 e. The van der Waals surface area contributed by atoms with E-state index in [4.69, 9.17) is 0 Å². The molecule has 1 heterocycles. The Kier molecular flexibility index (Phi) is 3.10. The van der Waals surface area contributed by atoms with Crippen molar-refractivity contribution >= 4 is 0 Å². The summed E-state index contributed by atoms with van der Waals surface area (Å²) in [6, 6.07) is 0. The molecule has 0 spiro atoms. The largest absolute Gasteiger partial charge is 0.392 e. The molecule has 1 aromatic rings. The number of rotatable bonds is 3. The number of nitrogens with zero attached hydrogens (tertiary/aromatic N) is 1. The summed E-state index contributed by atoms with van der Waals surface area (Å²) < 4.78 is 0. The van der Waals surface area contributed by atoms with Gasteiger partial charge in [-0.1, -0.05) is 26.2 Å². The van der Waals surface area contributed by atoms with Crippen LogP contribution in [-0.4, -0.2) is 21.2 Å². The van der Waals surface area contributed by atoms with E-state index < -0.39 is 0 Å². The average Bonchev–Trinajstić information content (AvgIpc) is 2.71. The van der Waals surface area contributed by atoms with Gasteiger partial charge in [-0.15, -0.1) is 0 Å². The molecule has 1 unspecified atom stereocenters. The second kappa shape index (κ2) is 4.35. The zero-order valence-electron chi connectivity index (χ0n) is 9.37. The van der Waals surface area contributed by atoms with Gasteiger partial charge < -0.3 is 10.1 Å². The van der Waals surface area contributed by atoms with Crippen molar-refractivity contribution in [2.24, 2.45) is 5.41 Å². The van der Waals surface area contributed by atoms with Gasteiger partial charge in [0.15, 0.2) is 0 Å². The van der Waals surface area contributed by atoms with Gasteiger partial charge in [0.1, 0.15) is 5.82 Å². The zero-order valence-corrected chi connectivity index (χ0v) is 9.37. The second-order valence-electron chi connectivity index (χ2n) is 4.97. The van der Waals surface area contributed by atoms with Gasteiger partial charge in [-0.25, -0.2) is 4.98 Å². The first-order valence-electron chi connectivity index (χ1n) is 5.87. The predicted molar refractivity (Wildman–Crippen MR) is 59.5 cm³/mol. The summed E-state index contributed by atoms with van der Waals surface area (Å²) >= 11 is 0. The summed E-state index contributed by atoms with van der Waals surface area (Å²) in [4.78, 5) is 7.22. The Morgan fingerprint density at radius 3 is 2.80 bits per heavy atom. The van der Waals surface area contributed by atoms with Crippen LogP contribution >= 0.6 is 0 Å². The predicted octanol–water partition coefficient (Wildman–Crippen LogP) is 2.28. The molecule has 0 saturated heterocycles. The van der Waals surface area contributed by atoms with Crippen LogP contribution < -0.4 is 0 Å². The van der Waals surface area contributed by atoms with Gasteiger partial charge >= 0.3 is 0 Å². The Morgan fingerprint density at radius 2 is 2.20 bits per heavy atom. The van der Waals surface area contributed by atoms with Gasteiger partial charge in [0, 0.05) is 18.8 Å². The highest BCUT2D eigenvalue weighted by molar-refractivity contribution is 4.95. The number of hydrogen-bond acceptors (Lipinski definition) is 2. The number of aliphatic hydroxyl groups is 1. The quantitative estimate of drug-likeness (QED) is 0.800. The lowest BCUT2D eigenvalue weighted by Crippen LogP contribution is -2.36. The van der Waals surface area contributed by atoms with Crippen LogP contribution in [-0.2, 0) is 6.42 Å². The first-order chi connectivity index (χ1) is 7.21. The van der Waals surface area contributed by atoms with Crippen molar-refractivity contribution in [1.82, 2.24) is 9.97 Å². The van der Waals surface area contributed by atoms with E-state index in [0.717, 1.165) is 18.7 Å². The maximum Gasteiger partial charge on any atom is 0.108 e. The molecule has 15 heavy (non-hydrogen) atoms. The van der Waals surface area contributed by atoms with E-state index >= 15 is 0 Å². The minimum absolute atomic E-state index is 0.102. The fourth-order valence-corrected chi connectivity index (χ4v) is 2.53. The molecular weight excluding hydrogens is 188 g/mol. The van der Waals surface area contributed by atoms with E-state index in [-0.39, 0.29) is 11.5 Å². The lowest BCUT2D eigenvalue weighted by molar-refractivity contribution is 0.00923. The summed E-state index contributed by atoms with van der Waals surface area (Å²) in [5, 5.41) is 10.2. The van der Waals surface area contributed by atoms with Crippen LogP contribution in [0.3, 0.4) is 0 Å². The molecule has 0 bridgehead atoms. The normalized spacial score (nSPS) is 22.5. The molecule has 0 aromatic carbocycles. The molecule has 0 radical (unpaired) electrons. The van der Waals surface area contributed by atoms with Crippen LogP contribution in [0, 0.1) is 5.41 Å². The number of aromatic amines is 1. The van der Waals surface area contributed by atoms with Gasteiger partial charge in [0.25, 0.3) is 0 Å². The molecule has 1 saturated carbocycles. The second-order valence-corrected chi connectivity index (χ2v) is 4.97. The van der Waals surface area contributed by atoms with Crippen molar-refractivity contribution in [1.29, 1.82) is 0 Å². The van der Waals surface area contributed by atoms with Crippen molar-refractivity contribution in [2.45, 2.75) is 51.6 Å². The third-order valence-electron chi connectivity index (χ3n) is 3.74. The SMILES string of the molecule is CC1(C(O)Cc2ncc[nH]2)CCCCC1. The first kappa shape index (κ1) is 10.7. The van der Waals surface area contributed by atoms with E-state index in [0.29, 0.717) is 6.42 Å². The maximum atomic E-state index is 10.2. The smallest absolute Gasteiger partial charge is 0.108 e. The van der Waals surface area contributed by atoms with Crippen molar-refractivity contribution < 1.29 is 5.11 Å². The van der Waals surface area contributed by atoms with E-state index in [1.807, 2.05) is 6.20 Å². The van der Waals surface area contributed by atoms with Crippen LogP contribution in [0.4, 0.5) is 0 Å². The molecule has 1 fully saturated rings. The van der Waals surface area contributed by atoms with Crippen LogP contribution in [0.1, 0.15) is 44.9 Å². The fraction of sp³-hybridized carbons (Fsp3) is 0.750. The Hall–Kier alpha value is -0.830. The molecular formula is C12H20N2O. The lowest BCUT2D eigenvalue weighted by Gasteiger charge is -2.37. The molecule has 0 aliphatic heterocycles. The lowest BCUT2D eigenvalue weighted by atomic mass is 9.71. The minimum atomic E-state index is -0.260. The molecule has 3 nitrogen and oxygen atoms in total. The van der Waals surface area contributed by atoms with Gasteiger partial charge in [-0.2, -0.15) is 0 Å². The molecule has 3 heteroatoms. The average molecular weight is 208 g/mol. The Bertz CT molecular complexity index is 289. The van der Waals surface area contributed by atoms with Crippen LogP contribution in [0.25, 0.3) is 0 Å². The molecule has 1 aromatic heterocycles. The molecule has 1 aliphatic rings. The Balaban J connectivity index is 1.97. The molecule has 1 aliphatic carbocycles. The molecule has 2 N–H and O–H groups in total. The summed E-state index contributed by atoms with van der Waals surface area (Å²) in [6.45, 7) is 2.21. The highest BCUT2D eigenvalue weighted by atomic mass is 16.3. The topological polar surface area (TPSA) is 48.9 Å². The first-order valence-corrected chi connectivity index (χ1v) is 5.87. The van der Waals surface area contributed by atoms with E-state index in [1.165, 1.54) is 19.3 Å². The molecule has 0 amide bonds. The zero-order chi connectivity index (χ0) is 10.7. The van der Waals surface area contributed by atoms with Crippen molar-refractivity contribution in [3.8, 4) is 0 Å². The highest BCUT2D eigenvalue weighted by Crippen LogP contribution is 2.39. The van der Waals surface area contributed by atoms with Crippen molar-refractivity contribution in [3.05, 3.63) is 18.2 Å². The van der Waals surface area contributed by atoms with Crippen molar-refractivity contribution in [2.75, 3.05) is 0 Å². The van der Waals surface area contributed by atoms with Crippen molar-refractivity contribution in [3.63, 3.8) is 0 Å². The van der Waals surface area contributed by atoms with Gasteiger partial charge in [-0.05, 0) is 18.3 Å². The molecule has 84 valence electrons. The number of H-pyrrole nitrogens is 1. The summed E-state index contributed by atoms with van der Waals surface area (Å²) in [6.07, 6.45) is 10.1. The summed E-state index contributed by atoms with van der Waals surface area (Å²) in [7, 11) is 0. The number of aliphatic hydroxyl groups excluding tert-OH is 1. The number of aromatic nitrogens is 2. The monoisotopic (exact) mass is 208 g/mol. The van der Waals surface area contributed by atoms with Crippen LogP contribution in [0.2, 0.25) is 0 Å². The number of hydrogen-bond donors (Lipinski definition) is 2. The summed E-state index contributed by atoms with van der Waals surface area (Å²) in [5.74, 6) is 0.897. The van der Waals surface area contributed by atoms with Crippen LogP contribution in [0.5, 0.6) is 0 Å². The van der Waals surface area contributed by atoms with Crippen LogP contribution in [0.15, 0.2) is 12.4 Å².